The van der Waals surface area contributed by atoms with E-state index in [1.165, 1.54) is 48.7 Å². The molecule has 8 nitrogen and oxygen atoms in total. The van der Waals surface area contributed by atoms with Gasteiger partial charge in [0.2, 0.25) is 5.91 Å². The van der Waals surface area contributed by atoms with Crippen LogP contribution in [-0.2, 0) is 17.8 Å². The number of ether oxygens (including phenoxy) is 1. The van der Waals surface area contributed by atoms with Crippen LogP contribution in [0.3, 0.4) is 0 Å². The normalized spacial score (nSPS) is 10.1. The SMILES string of the molecule is Cl.Nc1nccc(Oc2ccc(NC(=O)NC(=O)Cc3ccc(F)cc3)cc2F)c1CO. The van der Waals surface area contributed by atoms with E-state index < -0.39 is 30.2 Å². The van der Waals surface area contributed by atoms with E-state index >= 15 is 0 Å². The maximum absolute atomic E-state index is 14.4. The lowest BCUT2D eigenvalue weighted by molar-refractivity contribution is -0.119. The highest BCUT2D eigenvalue weighted by molar-refractivity contribution is 6.01. The molecule has 2 aromatic carbocycles. The minimum Gasteiger partial charge on any atom is -0.454 e. The number of carbonyl (C=O) groups is 2. The molecule has 0 saturated carbocycles. The highest BCUT2D eigenvalue weighted by Crippen LogP contribution is 2.30. The molecule has 3 aromatic rings. The van der Waals surface area contributed by atoms with E-state index in [0.29, 0.717) is 5.56 Å². The van der Waals surface area contributed by atoms with Crippen molar-refractivity contribution in [2.24, 2.45) is 0 Å². The molecule has 1 heterocycles. The topological polar surface area (TPSA) is 127 Å². The van der Waals surface area contributed by atoms with Gasteiger partial charge in [-0.05, 0) is 35.9 Å². The zero-order valence-corrected chi connectivity index (χ0v) is 17.3. The molecule has 32 heavy (non-hydrogen) atoms. The highest BCUT2D eigenvalue weighted by atomic mass is 35.5. The third-order valence-corrected chi connectivity index (χ3v) is 4.14. The summed E-state index contributed by atoms with van der Waals surface area (Å²) in [6.45, 7) is -0.442. The van der Waals surface area contributed by atoms with E-state index in [1.807, 2.05) is 0 Å². The Hall–Kier alpha value is -3.76. The van der Waals surface area contributed by atoms with Crippen molar-refractivity contribution in [1.29, 1.82) is 0 Å². The second-order valence-electron chi connectivity index (χ2n) is 6.38. The number of nitrogens with two attached hydrogens (primary N) is 1. The molecule has 168 valence electrons. The summed E-state index contributed by atoms with van der Waals surface area (Å²) in [6.07, 6.45) is 1.22. The number of anilines is 2. The molecular formula is C21H19ClF2N4O4. The number of urea groups is 1. The van der Waals surface area contributed by atoms with Crippen LogP contribution in [0.2, 0.25) is 0 Å². The van der Waals surface area contributed by atoms with Gasteiger partial charge in [-0.1, -0.05) is 12.1 Å². The van der Waals surface area contributed by atoms with Crippen LogP contribution in [0.4, 0.5) is 25.1 Å². The summed E-state index contributed by atoms with van der Waals surface area (Å²) in [5.41, 5.74) is 6.47. The molecule has 1 aromatic heterocycles. The Bertz CT molecular complexity index is 1110. The molecule has 0 unspecified atom stereocenters. The highest BCUT2D eigenvalue weighted by Gasteiger charge is 2.14. The number of benzene rings is 2. The first-order valence-corrected chi connectivity index (χ1v) is 9.02. The number of nitrogen functional groups attached to an aromatic ring is 1. The van der Waals surface area contributed by atoms with Crippen molar-refractivity contribution < 1.29 is 28.2 Å². The molecular weight excluding hydrogens is 446 g/mol. The van der Waals surface area contributed by atoms with Gasteiger partial charge >= 0.3 is 6.03 Å². The zero-order chi connectivity index (χ0) is 22.4. The first kappa shape index (κ1) is 24.5. The Morgan fingerprint density at radius 2 is 1.78 bits per heavy atom. The van der Waals surface area contributed by atoms with Gasteiger partial charge in [-0.3, -0.25) is 10.1 Å². The Morgan fingerprint density at radius 3 is 2.44 bits per heavy atom. The molecule has 5 N–H and O–H groups in total. The summed E-state index contributed by atoms with van der Waals surface area (Å²) in [6, 6.07) is 9.48. The standard InChI is InChI=1S/C21H18F2N4O4.ClH/c22-13-3-1-12(2-4-13)9-19(29)27-21(30)26-14-5-6-18(16(23)10-14)31-17-7-8-25-20(24)15(17)11-28;/h1-8,10,28H,9,11H2,(H2,24,25)(H2,26,27,29,30);1H. The number of hydrogen-bond donors (Lipinski definition) is 4. The number of halogens is 3. The van der Waals surface area contributed by atoms with Crippen molar-refractivity contribution in [1.82, 2.24) is 10.3 Å². The minimum absolute atomic E-state index is 0. The number of aliphatic hydroxyl groups excluding tert-OH is 1. The van der Waals surface area contributed by atoms with Gasteiger partial charge in [0.05, 0.1) is 18.6 Å². The summed E-state index contributed by atoms with van der Waals surface area (Å²) < 4.78 is 32.7. The number of aliphatic hydroxyl groups is 1. The number of rotatable bonds is 6. The summed E-state index contributed by atoms with van der Waals surface area (Å²) in [5.74, 6) is -1.82. The lowest BCUT2D eigenvalue weighted by atomic mass is 10.1. The molecule has 11 heteroatoms. The number of hydrogen-bond acceptors (Lipinski definition) is 6. The number of pyridine rings is 1. The van der Waals surface area contributed by atoms with Gasteiger partial charge in [0.15, 0.2) is 11.6 Å². The first-order valence-electron chi connectivity index (χ1n) is 9.02. The summed E-state index contributed by atoms with van der Waals surface area (Å²) in [7, 11) is 0. The largest absolute Gasteiger partial charge is 0.454 e. The lowest BCUT2D eigenvalue weighted by Gasteiger charge is -2.12. The van der Waals surface area contributed by atoms with Gasteiger partial charge < -0.3 is 20.9 Å². The van der Waals surface area contributed by atoms with Gasteiger partial charge in [-0.15, -0.1) is 12.4 Å². The average Bonchev–Trinajstić information content (AvgIpc) is 2.72. The van der Waals surface area contributed by atoms with Crippen molar-refractivity contribution in [3.63, 3.8) is 0 Å². The maximum atomic E-state index is 14.4. The zero-order valence-electron chi connectivity index (χ0n) is 16.5. The van der Waals surface area contributed by atoms with Gasteiger partial charge in [-0.25, -0.2) is 18.6 Å². The third kappa shape index (κ3) is 6.37. The molecule has 0 saturated heterocycles. The maximum Gasteiger partial charge on any atom is 0.325 e. The summed E-state index contributed by atoms with van der Waals surface area (Å²) in [5, 5.41) is 13.8. The molecule has 0 aliphatic carbocycles. The molecule has 0 fully saturated rings. The van der Waals surface area contributed by atoms with Gasteiger partial charge in [0.25, 0.3) is 0 Å². The molecule has 0 aliphatic rings. The first-order chi connectivity index (χ1) is 14.9. The number of carbonyl (C=O) groups excluding carboxylic acids is 2. The van der Waals surface area contributed by atoms with E-state index in [0.717, 1.165) is 6.07 Å². The molecule has 3 amide bonds. The number of nitrogens with zero attached hydrogens (tertiary/aromatic N) is 1. The fraction of sp³-hybridized carbons (Fsp3) is 0.0952. The number of amides is 3. The van der Waals surface area contributed by atoms with Crippen LogP contribution in [0.1, 0.15) is 11.1 Å². The third-order valence-electron chi connectivity index (χ3n) is 4.14. The van der Waals surface area contributed by atoms with Crippen molar-refractivity contribution in [3.8, 4) is 11.5 Å². The van der Waals surface area contributed by atoms with Crippen LogP contribution in [0, 0.1) is 11.6 Å². The van der Waals surface area contributed by atoms with Crippen LogP contribution in [0.25, 0.3) is 0 Å². The molecule has 0 aliphatic heterocycles. The molecule has 0 atom stereocenters. The predicted molar refractivity (Wildman–Crippen MR) is 116 cm³/mol. The fourth-order valence-electron chi connectivity index (χ4n) is 2.65. The Labute approximate surface area is 187 Å². The Morgan fingerprint density at radius 1 is 1.06 bits per heavy atom. The van der Waals surface area contributed by atoms with E-state index in [9.17, 15) is 23.5 Å². The molecule has 0 bridgehead atoms. The molecule has 3 rings (SSSR count). The second kappa shape index (κ2) is 11.0. The monoisotopic (exact) mass is 464 g/mol. The van der Waals surface area contributed by atoms with Crippen molar-refractivity contribution in [2.45, 2.75) is 13.0 Å². The predicted octanol–water partition coefficient (Wildman–Crippen LogP) is 3.54. The summed E-state index contributed by atoms with van der Waals surface area (Å²) >= 11 is 0. The Balaban J connectivity index is 0.00000363. The number of imide groups is 1. The van der Waals surface area contributed by atoms with Crippen molar-refractivity contribution in [2.75, 3.05) is 11.1 Å². The van der Waals surface area contributed by atoms with Crippen LogP contribution in [0.15, 0.2) is 54.7 Å². The smallest absolute Gasteiger partial charge is 0.325 e. The average molecular weight is 465 g/mol. The van der Waals surface area contributed by atoms with Crippen LogP contribution < -0.4 is 21.1 Å². The van der Waals surface area contributed by atoms with Gasteiger partial charge in [-0.2, -0.15) is 0 Å². The lowest BCUT2D eigenvalue weighted by Crippen LogP contribution is -2.35. The fourth-order valence-corrected chi connectivity index (χ4v) is 2.65. The van der Waals surface area contributed by atoms with Crippen LogP contribution >= 0.6 is 12.4 Å². The second-order valence-corrected chi connectivity index (χ2v) is 6.38. The van der Waals surface area contributed by atoms with Crippen molar-refractivity contribution in [3.05, 3.63) is 77.5 Å². The summed E-state index contributed by atoms with van der Waals surface area (Å²) in [4.78, 5) is 27.7. The van der Waals surface area contributed by atoms with E-state index in [1.54, 1.807) is 0 Å². The molecule has 0 spiro atoms. The quantitative estimate of drug-likeness (QED) is 0.442. The van der Waals surface area contributed by atoms with Gasteiger partial charge in [0, 0.05) is 18.0 Å². The number of nitrogens with one attached hydrogen (secondary N) is 2. The van der Waals surface area contributed by atoms with E-state index in [2.05, 4.69) is 15.6 Å². The Kier molecular flexibility index (Phi) is 8.45. The van der Waals surface area contributed by atoms with Crippen LogP contribution in [0.5, 0.6) is 11.5 Å². The van der Waals surface area contributed by atoms with Gasteiger partial charge in [0.1, 0.15) is 17.4 Å². The van der Waals surface area contributed by atoms with E-state index in [-0.39, 0.29) is 47.4 Å². The van der Waals surface area contributed by atoms with Crippen LogP contribution in [-0.4, -0.2) is 22.0 Å². The van der Waals surface area contributed by atoms with Crippen molar-refractivity contribution >= 4 is 35.9 Å². The molecule has 0 radical (unpaired) electrons. The van der Waals surface area contributed by atoms with E-state index in [4.69, 9.17) is 10.5 Å². The minimum atomic E-state index is -0.857. The number of aromatic nitrogens is 1.